The summed E-state index contributed by atoms with van der Waals surface area (Å²) in [5.74, 6) is 2.04. The molecule has 2 aliphatic rings. The average molecular weight is 473 g/mol. The first kappa shape index (κ1) is 23.5. The quantitative estimate of drug-likeness (QED) is 0.414. The number of benzene rings is 1. The van der Waals surface area contributed by atoms with Crippen LogP contribution in [0.15, 0.2) is 41.4 Å². The maximum atomic E-state index is 12.0. The Kier molecular flexibility index (Phi) is 6.60. The van der Waals surface area contributed by atoms with E-state index in [4.69, 9.17) is 4.98 Å². The molecule has 0 spiro atoms. The lowest BCUT2D eigenvalue weighted by Crippen LogP contribution is -2.43. The van der Waals surface area contributed by atoms with Gasteiger partial charge in [-0.2, -0.15) is 9.61 Å². The highest BCUT2D eigenvalue weighted by molar-refractivity contribution is 7.90. The van der Waals surface area contributed by atoms with Crippen LogP contribution < -0.4 is 16.0 Å². The van der Waals surface area contributed by atoms with E-state index in [1.54, 1.807) is 22.7 Å². The lowest BCUT2D eigenvalue weighted by molar-refractivity contribution is 0.0883. The van der Waals surface area contributed by atoms with Gasteiger partial charge < -0.3 is 21.1 Å². The largest absolute Gasteiger partial charge is 0.391 e. The zero-order valence-corrected chi connectivity index (χ0v) is 18.8. The van der Waals surface area contributed by atoms with Gasteiger partial charge in [0.1, 0.15) is 11.6 Å². The highest BCUT2D eigenvalue weighted by Crippen LogP contribution is 2.42. The Bertz CT molecular complexity index is 1240. The lowest BCUT2D eigenvalue weighted by atomic mass is 9.95. The van der Waals surface area contributed by atoms with Crippen LogP contribution in [0.3, 0.4) is 0 Å². The number of fused-ring (bicyclic) bond motifs is 1. The molecule has 2 fully saturated rings. The molecule has 3 aromatic rings. The molecular weight excluding hydrogens is 440 g/mol. The fourth-order valence-corrected chi connectivity index (χ4v) is 4.83. The Morgan fingerprint density at radius 3 is 2.79 bits per heavy atom. The van der Waals surface area contributed by atoms with Gasteiger partial charge in [-0.1, -0.05) is 13.5 Å². The molecule has 0 bridgehead atoms. The molecule has 1 aromatic carbocycles. The third-order valence-electron chi connectivity index (χ3n) is 6.19. The predicted molar refractivity (Wildman–Crippen MR) is 130 cm³/mol. The number of aromatic nitrogens is 3. The molecule has 178 valence electrons. The molecule has 3 heterocycles. The fourth-order valence-electron chi connectivity index (χ4n) is 4.16. The molecule has 0 radical (unpaired) electrons. The van der Waals surface area contributed by atoms with Crippen LogP contribution in [0.5, 0.6) is 0 Å². The van der Waals surface area contributed by atoms with E-state index in [2.05, 4.69) is 21.0 Å². The van der Waals surface area contributed by atoms with Gasteiger partial charge in [-0.25, -0.2) is 13.4 Å². The molecule has 1 saturated heterocycles. The number of hydrogen-bond donors (Lipinski definition) is 4. The Morgan fingerprint density at radius 2 is 2.06 bits per heavy atom. The Hall–Kier alpha value is -2.69. The van der Waals surface area contributed by atoms with Crippen molar-refractivity contribution in [3.63, 3.8) is 0 Å². The van der Waals surface area contributed by atoms with E-state index in [1.165, 1.54) is 6.26 Å². The number of hydrogen-bond acceptors (Lipinski definition) is 8. The molecule has 1 aliphatic heterocycles. The van der Waals surface area contributed by atoms with E-state index < -0.39 is 9.84 Å². The number of sulfone groups is 1. The molecule has 10 heteroatoms. The summed E-state index contributed by atoms with van der Waals surface area (Å²) in [5, 5.41) is 24.7. The lowest BCUT2D eigenvalue weighted by Gasteiger charge is -2.28. The van der Waals surface area contributed by atoms with E-state index in [1.807, 2.05) is 18.3 Å². The van der Waals surface area contributed by atoms with Gasteiger partial charge >= 0.3 is 0 Å². The van der Waals surface area contributed by atoms with Crippen LogP contribution >= 0.6 is 0 Å². The van der Waals surface area contributed by atoms with E-state index in [0.29, 0.717) is 36.3 Å². The Labute approximate surface area is 194 Å². The number of aliphatic hydroxyl groups is 1. The maximum absolute atomic E-state index is 12.0. The summed E-state index contributed by atoms with van der Waals surface area (Å²) < 4.78 is 25.7. The maximum Gasteiger partial charge on any atom is 0.175 e. The molecule has 2 aromatic heterocycles. The van der Waals surface area contributed by atoms with Crippen molar-refractivity contribution in [3.05, 3.63) is 42.1 Å². The van der Waals surface area contributed by atoms with E-state index in [-0.39, 0.29) is 24.3 Å². The number of aliphatic hydroxyl groups excluding tert-OH is 1. The summed E-state index contributed by atoms with van der Waals surface area (Å²) in [6.45, 7) is 2.13. The summed E-state index contributed by atoms with van der Waals surface area (Å²) in [4.78, 5) is 5.08. The van der Waals surface area contributed by atoms with E-state index in [9.17, 15) is 13.5 Å². The Balaban J connectivity index is 0.00000259. The summed E-state index contributed by atoms with van der Waals surface area (Å²) >= 11 is 0. The molecule has 2 atom stereocenters. The summed E-state index contributed by atoms with van der Waals surface area (Å²) in [6.07, 6.45) is 5.87. The van der Waals surface area contributed by atoms with Crippen molar-refractivity contribution in [2.75, 3.05) is 36.5 Å². The predicted octanol–water partition coefficient (Wildman–Crippen LogP) is 2.77. The van der Waals surface area contributed by atoms with Crippen molar-refractivity contribution >= 4 is 32.8 Å². The monoisotopic (exact) mass is 472 g/mol. The molecule has 9 nitrogen and oxygen atoms in total. The second-order valence-electron chi connectivity index (χ2n) is 8.76. The van der Waals surface area contributed by atoms with Crippen LogP contribution in [0.1, 0.15) is 38.2 Å². The van der Waals surface area contributed by atoms with Crippen molar-refractivity contribution in [1.29, 1.82) is 0 Å². The molecule has 1 aliphatic carbocycles. The molecule has 0 amide bonds. The third-order valence-corrected chi connectivity index (χ3v) is 7.30. The normalized spacial score (nSPS) is 20.9. The molecular formula is C23H32N6O3S. The first-order valence-electron chi connectivity index (χ1n) is 11.0. The molecule has 4 N–H and O–H groups in total. The van der Waals surface area contributed by atoms with Crippen molar-refractivity contribution in [3.8, 4) is 0 Å². The third kappa shape index (κ3) is 5.13. The molecule has 5 rings (SSSR count). The number of anilines is 3. The number of nitrogens with zero attached hydrogens (tertiary/aromatic N) is 3. The summed E-state index contributed by atoms with van der Waals surface area (Å²) in [6, 6.07) is 8.61. The van der Waals surface area contributed by atoms with Gasteiger partial charge in [0.15, 0.2) is 15.5 Å². The minimum atomic E-state index is -3.31. The van der Waals surface area contributed by atoms with Crippen molar-refractivity contribution in [2.24, 2.45) is 5.92 Å². The van der Waals surface area contributed by atoms with Crippen molar-refractivity contribution in [1.82, 2.24) is 19.9 Å². The number of nitrogens with one attached hydrogen (secondary N) is 3. The minimum absolute atomic E-state index is 0. The van der Waals surface area contributed by atoms with Gasteiger partial charge in [0.25, 0.3) is 0 Å². The molecule has 33 heavy (non-hydrogen) atoms. The fraction of sp³-hybridized carbons (Fsp3) is 0.478. The van der Waals surface area contributed by atoms with Crippen molar-refractivity contribution < 1.29 is 13.5 Å². The van der Waals surface area contributed by atoms with Gasteiger partial charge in [-0.3, -0.25) is 0 Å². The standard InChI is InChI=1S/C22H28N6O3S.CH4/c1-32(30,31)17-4-2-3-16(9-17)26-21-10-20(24-11-15-7-8-23-13-19(15)29)27-22-18(14-5-6-14)12-25-28(21)22;/h2-4,9-10,12,14-15,19,23,26,29H,5-8,11,13H2,1H3,(H,24,27);1H4/t15-,19+;/m1./s1. The molecule has 1 saturated carbocycles. The van der Waals surface area contributed by atoms with Gasteiger partial charge in [0, 0.05) is 42.6 Å². The van der Waals surface area contributed by atoms with Gasteiger partial charge in [-0.15, -0.1) is 0 Å². The topological polar surface area (TPSA) is 121 Å². The first-order valence-corrected chi connectivity index (χ1v) is 12.9. The first-order chi connectivity index (χ1) is 15.4. The Morgan fingerprint density at radius 1 is 1.24 bits per heavy atom. The second-order valence-corrected chi connectivity index (χ2v) is 10.8. The smallest absolute Gasteiger partial charge is 0.175 e. The van der Waals surface area contributed by atoms with Crippen LogP contribution in [0, 0.1) is 5.92 Å². The van der Waals surface area contributed by atoms with Crippen LogP contribution in [0.4, 0.5) is 17.3 Å². The zero-order valence-electron chi connectivity index (χ0n) is 18.0. The number of β-amino-alcohol motifs (C(OH)–C–C–N with tert-alkyl or cyclic N) is 1. The van der Waals surface area contributed by atoms with Crippen LogP contribution in [-0.4, -0.2) is 60.1 Å². The van der Waals surface area contributed by atoms with Gasteiger partial charge in [0.05, 0.1) is 17.2 Å². The highest BCUT2D eigenvalue weighted by Gasteiger charge is 2.28. The van der Waals surface area contributed by atoms with Crippen LogP contribution in [0.25, 0.3) is 5.65 Å². The van der Waals surface area contributed by atoms with Gasteiger partial charge in [0.2, 0.25) is 0 Å². The van der Waals surface area contributed by atoms with Crippen LogP contribution in [-0.2, 0) is 9.84 Å². The van der Waals surface area contributed by atoms with Crippen LogP contribution in [0.2, 0.25) is 0 Å². The highest BCUT2D eigenvalue weighted by atomic mass is 32.2. The summed E-state index contributed by atoms with van der Waals surface area (Å²) in [5.41, 5.74) is 2.58. The minimum Gasteiger partial charge on any atom is -0.391 e. The van der Waals surface area contributed by atoms with Crippen molar-refractivity contribution in [2.45, 2.75) is 43.6 Å². The number of piperidine rings is 1. The zero-order chi connectivity index (χ0) is 22.3. The van der Waals surface area contributed by atoms with Gasteiger partial charge in [-0.05, 0) is 49.9 Å². The number of rotatable bonds is 7. The second kappa shape index (κ2) is 9.28. The summed E-state index contributed by atoms with van der Waals surface area (Å²) in [7, 11) is -3.31. The average Bonchev–Trinajstić information content (AvgIpc) is 3.52. The SMILES string of the molecule is C.CS(=O)(=O)c1cccc(Nc2cc(NC[C@H]3CCNC[C@@H]3O)nc3c(C4CC4)cnn23)c1. The molecule has 0 unspecified atom stereocenters. The van der Waals surface area contributed by atoms with E-state index in [0.717, 1.165) is 37.0 Å². The van der Waals surface area contributed by atoms with E-state index >= 15 is 0 Å².